The maximum Gasteiger partial charge on any atom is 0.422 e. The number of hydrogen-bond acceptors (Lipinski definition) is 4. The van der Waals surface area contributed by atoms with Gasteiger partial charge in [-0.3, -0.25) is 10.2 Å². The highest BCUT2D eigenvalue weighted by atomic mass is 16.6. The average Bonchev–Trinajstić information content (AvgIpc) is 2.55. The summed E-state index contributed by atoms with van der Waals surface area (Å²) in [5, 5.41) is 11.4. The summed E-state index contributed by atoms with van der Waals surface area (Å²) >= 11 is 0. The molecule has 1 unspecified atom stereocenters. The summed E-state index contributed by atoms with van der Waals surface area (Å²) in [5.74, 6) is -0.633. The van der Waals surface area contributed by atoms with Crippen LogP contribution in [0.25, 0.3) is 0 Å². The summed E-state index contributed by atoms with van der Waals surface area (Å²) in [6, 6.07) is 6.42. The van der Waals surface area contributed by atoms with E-state index in [0.29, 0.717) is 18.0 Å². The highest BCUT2D eigenvalue weighted by Gasteiger charge is 2.32. The van der Waals surface area contributed by atoms with Gasteiger partial charge in [0.05, 0.1) is 0 Å². The number of carboxylic acid groups (broad SMARTS) is 1. The molecule has 0 heterocycles. The second kappa shape index (κ2) is 9.22. The van der Waals surface area contributed by atoms with E-state index in [1.54, 1.807) is 32.9 Å². The number of nitrogens with zero attached hydrogens (tertiary/aromatic N) is 1. The predicted molar refractivity (Wildman–Crippen MR) is 104 cm³/mol. The number of amides is 1. The van der Waals surface area contributed by atoms with Gasteiger partial charge < -0.3 is 9.84 Å². The second-order valence-electron chi connectivity index (χ2n) is 8.42. The van der Waals surface area contributed by atoms with Crippen molar-refractivity contribution in [1.29, 1.82) is 0 Å². The Hall–Kier alpha value is -2.08. The van der Waals surface area contributed by atoms with Crippen LogP contribution in [0.5, 0.6) is 0 Å². The summed E-state index contributed by atoms with van der Waals surface area (Å²) in [6.45, 7) is 7.80. The first-order chi connectivity index (χ1) is 12.7. The highest BCUT2D eigenvalue weighted by molar-refractivity contribution is 5.76. The first-order valence-corrected chi connectivity index (χ1v) is 9.71. The van der Waals surface area contributed by atoms with Crippen LogP contribution in [0.3, 0.4) is 0 Å². The molecule has 2 rings (SSSR count). The van der Waals surface area contributed by atoms with Crippen molar-refractivity contribution in [3.63, 3.8) is 0 Å². The third kappa shape index (κ3) is 6.86. The molecule has 0 radical (unpaired) electrons. The van der Waals surface area contributed by atoms with Gasteiger partial charge in [0.1, 0.15) is 5.60 Å². The third-order valence-corrected chi connectivity index (χ3v) is 4.75. The van der Waals surface area contributed by atoms with Crippen LogP contribution >= 0.6 is 0 Å². The number of nitrogens with one attached hydrogen (secondary N) is 1. The molecule has 0 bridgehead atoms. The van der Waals surface area contributed by atoms with Gasteiger partial charge in [-0.1, -0.05) is 49.1 Å². The van der Waals surface area contributed by atoms with Crippen molar-refractivity contribution in [3.05, 3.63) is 35.4 Å². The summed E-state index contributed by atoms with van der Waals surface area (Å²) in [7, 11) is 0. The molecule has 0 aliphatic heterocycles. The van der Waals surface area contributed by atoms with Crippen LogP contribution < -0.4 is 5.43 Å². The molecule has 1 aromatic carbocycles. The molecule has 0 spiro atoms. The van der Waals surface area contributed by atoms with Crippen molar-refractivity contribution in [1.82, 2.24) is 10.4 Å². The number of carboxylic acids is 1. The molecule has 1 aliphatic carbocycles. The zero-order valence-electron chi connectivity index (χ0n) is 16.8. The standard InChI is InChI=1S/C21H32N2O4/c1-15-10-12-17(13-11-15)18(19(24)25)23(14-16-8-6-5-7-9-16)22-20(26)27-21(2,3)4/h10-13,16,18H,5-9,14H2,1-4H3,(H,22,26)(H,24,25). The molecule has 0 saturated heterocycles. The molecule has 150 valence electrons. The number of carbonyl (C=O) groups is 2. The van der Waals surface area contributed by atoms with Crippen LogP contribution in [0.4, 0.5) is 4.79 Å². The van der Waals surface area contributed by atoms with Crippen LogP contribution in [-0.2, 0) is 9.53 Å². The first-order valence-electron chi connectivity index (χ1n) is 9.71. The van der Waals surface area contributed by atoms with Crippen molar-refractivity contribution in [3.8, 4) is 0 Å². The van der Waals surface area contributed by atoms with Gasteiger partial charge in [0, 0.05) is 6.54 Å². The van der Waals surface area contributed by atoms with E-state index in [2.05, 4.69) is 5.43 Å². The number of hydrazine groups is 1. The molecule has 1 aliphatic rings. The molecule has 6 nitrogen and oxygen atoms in total. The number of aliphatic carboxylic acids is 1. The fourth-order valence-corrected chi connectivity index (χ4v) is 3.49. The fraction of sp³-hybridized carbons (Fsp3) is 0.619. The van der Waals surface area contributed by atoms with Crippen molar-refractivity contribution < 1.29 is 19.4 Å². The molecule has 1 aromatic rings. The van der Waals surface area contributed by atoms with E-state index in [9.17, 15) is 14.7 Å². The Morgan fingerprint density at radius 1 is 1.19 bits per heavy atom. The van der Waals surface area contributed by atoms with Gasteiger partial charge in [0.2, 0.25) is 0 Å². The van der Waals surface area contributed by atoms with E-state index >= 15 is 0 Å². The second-order valence-corrected chi connectivity index (χ2v) is 8.42. The largest absolute Gasteiger partial charge is 0.480 e. The number of aryl methyl sites for hydroxylation is 1. The van der Waals surface area contributed by atoms with E-state index in [0.717, 1.165) is 31.2 Å². The quantitative estimate of drug-likeness (QED) is 0.718. The molecule has 1 amide bonds. The first kappa shape index (κ1) is 21.2. The minimum absolute atomic E-state index is 0.362. The molecule has 0 aromatic heterocycles. The zero-order valence-corrected chi connectivity index (χ0v) is 16.8. The van der Waals surface area contributed by atoms with E-state index < -0.39 is 23.7 Å². The van der Waals surface area contributed by atoms with Crippen LogP contribution in [0, 0.1) is 12.8 Å². The van der Waals surface area contributed by atoms with Crippen molar-refractivity contribution >= 4 is 12.1 Å². The van der Waals surface area contributed by atoms with Gasteiger partial charge in [-0.15, -0.1) is 0 Å². The number of ether oxygens (including phenoxy) is 1. The van der Waals surface area contributed by atoms with Gasteiger partial charge in [-0.25, -0.2) is 4.79 Å². The van der Waals surface area contributed by atoms with Crippen LogP contribution in [0.1, 0.15) is 70.0 Å². The predicted octanol–water partition coefficient (Wildman–Crippen LogP) is 4.44. The van der Waals surface area contributed by atoms with Crippen molar-refractivity contribution in [2.75, 3.05) is 6.54 Å². The molecular formula is C21H32N2O4. The minimum atomic E-state index is -0.995. The number of rotatable bonds is 6. The molecule has 6 heteroatoms. The summed E-state index contributed by atoms with van der Waals surface area (Å²) < 4.78 is 5.36. The number of carbonyl (C=O) groups excluding carboxylic acids is 1. The van der Waals surface area contributed by atoms with E-state index in [4.69, 9.17) is 4.74 Å². The molecular weight excluding hydrogens is 344 g/mol. The summed E-state index contributed by atoms with van der Waals surface area (Å²) in [6.07, 6.45) is 4.98. The van der Waals surface area contributed by atoms with E-state index in [1.165, 1.54) is 11.4 Å². The SMILES string of the molecule is Cc1ccc(C(C(=O)O)N(CC2CCCCC2)NC(=O)OC(C)(C)C)cc1. The molecule has 2 N–H and O–H groups in total. The normalized spacial score (nSPS) is 16.8. The molecule has 1 fully saturated rings. The lowest BCUT2D eigenvalue weighted by Gasteiger charge is -2.34. The van der Waals surface area contributed by atoms with E-state index in [-0.39, 0.29) is 0 Å². The summed E-state index contributed by atoms with van der Waals surface area (Å²) in [5.41, 5.74) is 3.75. The lowest BCUT2D eigenvalue weighted by Crippen LogP contribution is -2.50. The molecule has 1 saturated carbocycles. The summed E-state index contributed by atoms with van der Waals surface area (Å²) in [4.78, 5) is 24.5. The fourth-order valence-electron chi connectivity index (χ4n) is 3.49. The van der Waals surface area contributed by atoms with E-state index in [1.807, 2.05) is 19.1 Å². The Morgan fingerprint density at radius 2 is 1.78 bits per heavy atom. The van der Waals surface area contributed by atoms with Gasteiger partial charge in [-0.05, 0) is 52.0 Å². The lowest BCUT2D eigenvalue weighted by atomic mass is 9.88. The number of benzene rings is 1. The topological polar surface area (TPSA) is 78.9 Å². The Balaban J connectivity index is 2.24. The van der Waals surface area contributed by atoms with Gasteiger partial charge in [0.15, 0.2) is 6.04 Å². The smallest absolute Gasteiger partial charge is 0.422 e. The Kier molecular flexibility index (Phi) is 7.25. The van der Waals surface area contributed by atoms with Gasteiger partial charge in [-0.2, -0.15) is 5.01 Å². The highest BCUT2D eigenvalue weighted by Crippen LogP contribution is 2.28. The van der Waals surface area contributed by atoms with Crippen LogP contribution in [0.2, 0.25) is 0 Å². The molecule has 27 heavy (non-hydrogen) atoms. The minimum Gasteiger partial charge on any atom is -0.480 e. The maximum atomic E-state index is 12.4. The molecule has 1 atom stereocenters. The van der Waals surface area contributed by atoms with Crippen molar-refractivity contribution in [2.45, 2.75) is 71.4 Å². The van der Waals surface area contributed by atoms with Crippen LogP contribution in [0.15, 0.2) is 24.3 Å². The van der Waals surface area contributed by atoms with Crippen molar-refractivity contribution in [2.24, 2.45) is 5.92 Å². The monoisotopic (exact) mass is 376 g/mol. The Morgan fingerprint density at radius 3 is 2.30 bits per heavy atom. The van der Waals surface area contributed by atoms with Gasteiger partial charge >= 0.3 is 12.1 Å². The van der Waals surface area contributed by atoms with Gasteiger partial charge in [0.25, 0.3) is 0 Å². The zero-order chi connectivity index (χ0) is 20.0. The van der Waals surface area contributed by atoms with Crippen LogP contribution in [-0.4, -0.2) is 34.3 Å². The number of hydrogen-bond donors (Lipinski definition) is 2. The lowest BCUT2D eigenvalue weighted by molar-refractivity contribution is -0.145. The average molecular weight is 376 g/mol. The maximum absolute atomic E-state index is 12.4. The Bertz CT molecular complexity index is 631. The Labute approximate surface area is 161 Å². The third-order valence-electron chi connectivity index (χ3n) is 4.75.